The van der Waals surface area contributed by atoms with Gasteiger partial charge in [0.15, 0.2) is 0 Å². The number of benzene rings is 4. The summed E-state index contributed by atoms with van der Waals surface area (Å²) >= 11 is 0. The number of hydrogen-bond acceptors (Lipinski definition) is 15. The van der Waals surface area contributed by atoms with Crippen LogP contribution in [-0.4, -0.2) is 83.5 Å². The average molecular weight is 877 g/mol. The van der Waals surface area contributed by atoms with Crippen molar-refractivity contribution in [1.82, 2.24) is 24.8 Å². The second kappa shape index (κ2) is 20.7. The van der Waals surface area contributed by atoms with E-state index >= 15 is 0 Å². The van der Waals surface area contributed by atoms with E-state index in [1.807, 2.05) is 49.4 Å². The molecule has 8 N–H and O–H groups in total. The van der Waals surface area contributed by atoms with Crippen molar-refractivity contribution in [3.63, 3.8) is 0 Å². The van der Waals surface area contributed by atoms with Crippen molar-refractivity contribution in [2.75, 3.05) is 53.8 Å². The van der Waals surface area contributed by atoms with Crippen LogP contribution in [0.3, 0.4) is 0 Å². The minimum atomic E-state index is -3.88. The summed E-state index contributed by atoms with van der Waals surface area (Å²) < 4.78 is 47.3. The molecule has 0 spiro atoms. The monoisotopic (exact) mass is 876 g/mol. The number of hydrogen-bond donors (Lipinski definition) is 6. The molecule has 7 rings (SSSR count). The minimum Gasteiger partial charge on any atom is -0.383 e. The topological polar surface area (TPSA) is 259 Å². The number of amides is 3. The number of carbonyl (C=O) groups excluding carboxylic acids is 3. The van der Waals surface area contributed by atoms with Crippen molar-refractivity contribution < 1.29 is 36.1 Å². The molecule has 1 aliphatic rings. The number of aromatic nitrogens is 4. The third kappa shape index (κ3) is 13.1. The lowest BCUT2D eigenvalue weighted by molar-refractivity contribution is 0.0302. The number of nitrogens with one attached hydrogen (secondary N) is 4. The summed E-state index contributed by atoms with van der Waals surface area (Å²) in [5.41, 5.74) is 14.1. The Morgan fingerprint density at radius 1 is 0.841 bits per heavy atom. The maximum absolute atomic E-state index is 13.5. The van der Waals surface area contributed by atoms with Crippen molar-refractivity contribution in [3.8, 4) is 5.75 Å². The van der Waals surface area contributed by atoms with Gasteiger partial charge in [-0.3, -0.25) is 14.4 Å². The van der Waals surface area contributed by atoms with Crippen LogP contribution in [0.5, 0.6) is 5.75 Å². The zero-order valence-corrected chi connectivity index (χ0v) is 34.9. The van der Waals surface area contributed by atoms with Gasteiger partial charge in [-0.25, -0.2) is 14.4 Å². The quantitative estimate of drug-likeness (QED) is 0.0727. The molecule has 1 atom stereocenters. The lowest BCUT2D eigenvalue weighted by Crippen LogP contribution is -2.40. The number of primary amides is 2. The Hall–Kier alpha value is -7.71. The van der Waals surface area contributed by atoms with Gasteiger partial charge in [-0.15, -0.1) is 0 Å². The maximum Gasteiger partial charge on any atom is 0.306 e. The van der Waals surface area contributed by atoms with E-state index in [4.69, 9.17) is 20.4 Å². The SMILES string of the molecule is CC(Nc1nc(Nc2cc[c]cc2)ncc1C(N)=O)c1ccccc1.CS(=O)(=O)Oc1cc(Nc2ncc(C(N)=O)c(NCc3cccc(F)c3)n2)cc(C(=O)N2CCOCC2)c1. The molecule has 6 aromatic rings. The summed E-state index contributed by atoms with van der Waals surface area (Å²) in [5.74, 6) is -1.33. The highest BCUT2D eigenvalue weighted by atomic mass is 32.2. The van der Waals surface area contributed by atoms with Crippen LogP contribution in [0.15, 0.2) is 109 Å². The van der Waals surface area contributed by atoms with Crippen molar-refractivity contribution >= 4 is 62.7 Å². The summed E-state index contributed by atoms with van der Waals surface area (Å²) in [6.07, 6.45) is 3.52. The van der Waals surface area contributed by atoms with Gasteiger partial charge in [0.2, 0.25) is 11.9 Å². The predicted octanol–water partition coefficient (Wildman–Crippen LogP) is 5.17. The summed E-state index contributed by atoms with van der Waals surface area (Å²) in [6.45, 7) is 3.68. The van der Waals surface area contributed by atoms with E-state index in [2.05, 4.69) is 47.3 Å². The number of ether oxygens (including phenoxy) is 1. The second-order valence-electron chi connectivity index (χ2n) is 13.9. The van der Waals surface area contributed by atoms with E-state index in [9.17, 15) is 27.2 Å². The van der Waals surface area contributed by atoms with E-state index in [1.165, 1.54) is 42.7 Å². The van der Waals surface area contributed by atoms with Gasteiger partial charge in [0.25, 0.3) is 17.7 Å². The third-order valence-corrected chi connectivity index (χ3v) is 9.54. The molecule has 0 saturated carbocycles. The second-order valence-corrected chi connectivity index (χ2v) is 15.5. The molecule has 1 unspecified atom stereocenters. The molecule has 325 valence electrons. The number of rotatable bonds is 15. The fourth-order valence-corrected chi connectivity index (χ4v) is 6.49. The zero-order chi connectivity index (χ0) is 44.9. The van der Waals surface area contributed by atoms with Gasteiger partial charge in [-0.05, 0) is 60.5 Å². The number of anilines is 6. The molecule has 1 radical (unpaired) electrons. The first kappa shape index (κ1) is 44.8. The normalized spacial score (nSPS) is 12.8. The first-order valence-corrected chi connectivity index (χ1v) is 21.1. The van der Waals surface area contributed by atoms with Crippen molar-refractivity contribution in [2.45, 2.75) is 19.5 Å². The number of halogens is 1. The number of nitrogens with two attached hydrogens (primary N) is 2. The lowest BCUT2D eigenvalue weighted by atomic mass is 10.1. The highest BCUT2D eigenvalue weighted by Crippen LogP contribution is 2.27. The van der Waals surface area contributed by atoms with E-state index in [-0.39, 0.29) is 58.4 Å². The van der Waals surface area contributed by atoms with Crippen molar-refractivity contribution in [3.05, 3.63) is 149 Å². The van der Waals surface area contributed by atoms with E-state index in [0.29, 0.717) is 43.6 Å². The van der Waals surface area contributed by atoms with Gasteiger partial charge < -0.3 is 46.6 Å². The fraction of sp³-hybridized carbons (Fsp3) is 0.186. The van der Waals surface area contributed by atoms with E-state index in [1.54, 1.807) is 29.2 Å². The maximum atomic E-state index is 13.5. The number of carbonyl (C=O) groups is 3. The van der Waals surface area contributed by atoms with Crippen LogP contribution in [0.2, 0.25) is 0 Å². The Morgan fingerprint density at radius 3 is 2.11 bits per heavy atom. The highest BCUT2D eigenvalue weighted by Gasteiger charge is 2.22. The van der Waals surface area contributed by atoms with Crippen LogP contribution in [-0.2, 0) is 21.4 Å². The van der Waals surface area contributed by atoms with Crippen molar-refractivity contribution in [1.29, 1.82) is 0 Å². The largest absolute Gasteiger partial charge is 0.383 e. The van der Waals surface area contributed by atoms with Gasteiger partial charge in [0, 0.05) is 61.1 Å². The Morgan fingerprint density at radius 2 is 1.48 bits per heavy atom. The Balaban J connectivity index is 0.000000228. The van der Waals surface area contributed by atoms with E-state index in [0.717, 1.165) is 17.5 Å². The van der Waals surface area contributed by atoms with Gasteiger partial charge in [-0.2, -0.15) is 18.4 Å². The Kier molecular flexibility index (Phi) is 14.7. The standard InChI is InChI=1S/C24H25FN6O6S.C19H18N5O/c1-38(34,35)37-19-11-16(23(33)31-5-7-36-8-6-31)10-18(12-19)29-24-28-14-20(21(26)32)22(30-24)27-13-15-3-2-4-17(25)9-15;1-13(14-8-4-2-5-9-14)22-18-16(17(20)25)12-21-19(24-18)23-15-10-6-3-7-11-15/h2-4,9-12,14H,5-8,13H2,1H3,(H2,26,32)(H2,27,28,29,30);2,4-13H,1H3,(H2,20,25)(H2,21,22,23,24). The van der Waals surface area contributed by atoms with Crippen LogP contribution in [0, 0.1) is 11.9 Å². The van der Waals surface area contributed by atoms with E-state index < -0.39 is 27.7 Å². The molecule has 20 heteroatoms. The third-order valence-electron chi connectivity index (χ3n) is 9.04. The first-order valence-electron chi connectivity index (χ1n) is 19.3. The molecule has 2 aromatic heterocycles. The number of morpholine rings is 1. The molecule has 3 heterocycles. The molecule has 0 aliphatic carbocycles. The molecule has 0 bridgehead atoms. The summed E-state index contributed by atoms with van der Waals surface area (Å²) in [4.78, 5) is 55.2. The highest BCUT2D eigenvalue weighted by molar-refractivity contribution is 7.86. The Labute approximate surface area is 362 Å². The van der Waals surface area contributed by atoms with Gasteiger partial charge in [-0.1, -0.05) is 54.6 Å². The smallest absolute Gasteiger partial charge is 0.306 e. The fourth-order valence-electron chi connectivity index (χ4n) is 6.05. The van der Waals surface area contributed by atoms with Crippen LogP contribution >= 0.6 is 0 Å². The molecule has 18 nitrogen and oxygen atoms in total. The van der Waals surface area contributed by atoms with Gasteiger partial charge in [0.1, 0.15) is 23.2 Å². The predicted molar refractivity (Wildman–Crippen MR) is 234 cm³/mol. The van der Waals surface area contributed by atoms with Crippen LogP contribution in [0.25, 0.3) is 0 Å². The Bertz CT molecular complexity index is 2670. The molecule has 1 saturated heterocycles. The molecular weight excluding hydrogens is 834 g/mol. The summed E-state index contributed by atoms with van der Waals surface area (Å²) in [5, 5.41) is 12.2. The minimum absolute atomic E-state index is 0.00398. The molecule has 1 fully saturated rings. The number of nitrogens with zero attached hydrogens (tertiary/aromatic N) is 5. The zero-order valence-electron chi connectivity index (χ0n) is 34.0. The molecule has 1 aliphatic heterocycles. The molecule has 3 amide bonds. The van der Waals surface area contributed by atoms with Crippen LogP contribution < -0.4 is 36.9 Å². The van der Waals surface area contributed by atoms with Gasteiger partial charge >= 0.3 is 10.1 Å². The lowest BCUT2D eigenvalue weighted by Gasteiger charge is -2.27. The summed E-state index contributed by atoms with van der Waals surface area (Å²) in [7, 11) is -3.88. The van der Waals surface area contributed by atoms with Crippen LogP contribution in [0.1, 0.15) is 55.2 Å². The summed E-state index contributed by atoms with van der Waals surface area (Å²) in [6, 6.07) is 30.1. The van der Waals surface area contributed by atoms with Gasteiger partial charge in [0.05, 0.1) is 30.6 Å². The van der Waals surface area contributed by atoms with Crippen LogP contribution in [0.4, 0.5) is 39.3 Å². The molecule has 4 aromatic carbocycles. The average Bonchev–Trinajstić information content (AvgIpc) is 3.26. The molecule has 63 heavy (non-hydrogen) atoms. The van der Waals surface area contributed by atoms with Crippen molar-refractivity contribution in [2.24, 2.45) is 11.5 Å². The molecular formula is C43H43FN11O7S. The first-order chi connectivity index (χ1) is 30.2.